The fourth-order valence-corrected chi connectivity index (χ4v) is 2.50. The summed E-state index contributed by atoms with van der Waals surface area (Å²) >= 11 is 0. The predicted octanol–water partition coefficient (Wildman–Crippen LogP) is 2.77. The first-order valence-corrected chi connectivity index (χ1v) is 7.43. The molecule has 1 aromatic carbocycles. The van der Waals surface area contributed by atoms with Gasteiger partial charge in [-0.2, -0.15) is 4.98 Å². The van der Waals surface area contributed by atoms with E-state index < -0.39 is 0 Å². The van der Waals surface area contributed by atoms with E-state index in [9.17, 15) is 0 Å². The van der Waals surface area contributed by atoms with Crippen LogP contribution in [-0.4, -0.2) is 34.8 Å². The molecule has 5 heteroatoms. The lowest BCUT2D eigenvalue weighted by Crippen LogP contribution is -2.39. The molecule has 0 unspecified atom stereocenters. The second-order valence-corrected chi connectivity index (χ2v) is 5.69. The number of aromatic nitrogens is 2. The number of nitrogens with zero attached hydrogens (tertiary/aromatic N) is 3. The molecule has 5 nitrogen and oxygen atoms in total. The lowest BCUT2D eigenvalue weighted by molar-refractivity contribution is -0.0166. The Morgan fingerprint density at radius 1 is 1.29 bits per heavy atom. The maximum atomic E-state index is 5.61. The molecule has 1 atom stereocenters. The fraction of sp³-hybridized carbons (Fsp3) is 0.500. The Kier molecular flexibility index (Phi) is 4.31. The average molecular weight is 287 g/mol. The third-order valence-electron chi connectivity index (χ3n) is 3.72. The van der Waals surface area contributed by atoms with Gasteiger partial charge >= 0.3 is 0 Å². The minimum atomic E-state index is 0.0650. The van der Waals surface area contributed by atoms with Crippen LogP contribution in [0.3, 0.4) is 0 Å². The quantitative estimate of drug-likeness (QED) is 0.865. The maximum Gasteiger partial charge on any atom is 0.229 e. The molecule has 0 bridgehead atoms. The fourth-order valence-electron chi connectivity index (χ4n) is 2.50. The molecule has 1 aliphatic heterocycles. The van der Waals surface area contributed by atoms with Gasteiger partial charge in [-0.1, -0.05) is 49.3 Å². The molecule has 2 heterocycles. The van der Waals surface area contributed by atoms with Gasteiger partial charge in [-0.3, -0.25) is 4.90 Å². The van der Waals surface area contributed by atoms with Gasteiger partial charge in [0.2, 0.25) is 5.89 Å². The van der Waals surface area contributed by atoms with Crippen LogP contribution < -0.4 is 0 Å². The molecule has 1 aliphatic rings. The SMILES string of the molecule is CC(C)c1nc([C@H]2COCCN2Cc2ccccc2)no1. The molecular weight excluding hydrogens is 266 g/mol. The Bertz CT molecular complexity index is 568. The molecule has 0 saturated carbocycles. The predicted molar refractivity (Wildman–Crippen MR) is 78.8 cm³/mol. The molecule has 0 amide bonds. The molecule has 1 fully saturated rings. The third-order valence-corrected chi connectivity index (χ3v) is 3.72. The van der Waals surface area contributed by atoms with Crippen LogP contribution in [0.25, 0.3) is 0 Å². The molecular formula is C16H21N3O2. The van der Waals surface area contributed by atoms with Gasteiger partial charge in [0.05, 0.1) is 19.3 Å². The van der Waals surface area contributed by atoms with Crippen LogP contribution in [0.1, 0.15) is 43.1 Å². The van der Waals surface area contributed by atoms with Gasteiger partial charge in [0.15, 0.2) is 5.82 Å². The zero-order chi connectivity index (χ0) is 14.7. The number of hydrogen-bond donors (Lipinski definition) is 0. The molecule has 112 valence electrons. The van der Waals surface area contributed by atoms with Gasteiger partial charge in [0.25, 0.3) is 0 Å². The highest BCUT2D eigenvalue weighted by molar-refractivity contribution is 5.15. The molecule has 1 aromatic heterocycles. The summed E-state index contributed by atoms with van der Waals surface area (Å²) in [6.07, 6.45) is 0. The third kappa shape index (κ3) is 3.31. The second kappa shape index (κ2) is 6.37. The number of hydrogen-bond acceptors (Lipinski definition) is 5. The Hall–Kier alpha value is -1.72. The van der Waals surface area contributed by atoms with Crippen molar-refractivity contribution in [3.8, 4) is 0 Å². The average Bonchev–Trinajstić information content (AvgIpc) is 2.99. The van der Waals surface area contributed by atoms with Gasteiger partial charge in [0, 0.05) is 19.0 Å². The molecule has 2 aromatic rings. The van der Waals surface area contributed by atoms with Crippen LogP contribution in [-0.2, 0) is 11.3 Å². The Labute approximate surface area is 124 Å². The lowest BCUT2D eigenvalue weighted by Gasteiger charge is -2.33. The highest BCUT2D eigenvalue weighted by atomic mass is 16.5. The van der Waals surface area contributed by atoms with Crippen molar-refractivity contribution in [3.05, 3.63) is 47.6 Å². The summed E-state index contributed by atoms with van der Waals surface area (Å²) in [5.41, 5.74) is 1.29. The van der Waals surface area contributed by atoms with Gasteiger partial charge < -0.3 is 9.26 Å². The van der Waals surface area contributed by atoms with Crippen LogP contribution in [0.2, 0.25) is 0 Å². The van der Waals surface area contributed by atoms with Gasteiger partial charge in [-0.25, -0.2) is 0 Å². The van der Waals surface area contributed by atoms with Crippen molar-refractivity contribution in [2.45, 2.75) is 32.4 Å². The Morgan fingerprint density at radius 2 is 2.10 bits per heavy atom. The summed E-state index contributed by atoms with van der Waals surface area (Å²) in [5.74, 6) is 1.67. The van der Waals surface area contributed by atoms with Crippen molar-refractivity contribution in [1.82, 2.24) is 15.0 Å². The van der Waals surface area contributed by atoms with Crippen LogP contribution in [0.4, 0.5) is 0 Å². The molecule has 0 N–H and O–H groups in total. The van der Waals surface area contributed by atoms with Crippen LogP contribution in [0.15, 0.2) is 34.9 Å². The minimum absolute atomic E-state index is 0.0650. The molecule has 0 aliphatic carbocycles. The minimum Gasteiger partial charge on any atom is -0.378 e. The second-order valence-electron chi connectivity index (χ2n) is 5.69. The molecule has 3 rings (SSSR count). The number of ether oxygens (including phenoxy) is 1. The standard InChI is InChI=1S/C16H21N3O2/c1-12(2)16-17-15(18-21-16)14-11-20-9-8-19(14)10-13-6-4-3-5-7-13/h3-7,12,14H,8-11H2,1-2H3/t14-/m1/s1. The van der Waals surface area contributed by atoms with E-state index in [2.05, 4.69) is 53.2 Å². The Morgan fingerprint density at radius 3 is 2.81 bits per heavy atom. The van der Waals surface area contributed by atoms with Crippen molar-refractivity contribution in [2.75, 3.05) is 19.8 Å². The highest BCUT2D eigenvalue weighted by Gasteiger charge is 2.29. The summed E-state index contributed by atoms with van der Waals surface area (Å²) in [6.45, 7) is 7.22. The zero-order valence-corrected chi connectivity index (χ0v) is 12.5. The number of rotatable bonds is 4. The van der Waals surface area contributed by atoms with Crippen molar-refractivity contribution < 1.29 is 9.26 Å². The summed E-state index contributed by atoms with van der Waals surface area (Å²) < 4.78 is 10.9. The van der Waals surface area contributed by atoms with E-state index in [4.69, 9.17) is 9.26 Å². The molecule has 1 saturated heterocycles. The van der Waals surface area contributed by atoms with Crippen molar-refractivity contribution in [1.29, 1.82) is 0 Å². The smallest absolute Gasteiger partial charge is 0.229 e. The van der Waals surface area contributed by atoms with Crippen LogP contribution in [0.5, 0.6) is 0 Å². The van der Waals surface area contributed by atoms with Crippen molar-refractivity contribution in [2.24, 2.45) is 0 Å². The van der Waals surface area contributed by atoms with Crippen LogP contribution >= 0.6 is 0 Å². The van der Waals surface area contributed by atoms with Crippen molar-refractivity contribution in [3.63, 3.8) is 0 Å². The van der Waals surface area contributed by atoms with E-state index in [1.54, 1.807) is 0 Å². The van der Waals surface area contributed by atoms with Gasteiger partial charge in [-0.05, 0) is 5.56 Å². The van der Waals surface area contributed by atoms with E-state index in [1.165, 1.54) is 5.56 Å². The molecule has 0 radical (unpaired) electrons. The van der Waals surface area contributed by atoms with Gasteiger partial charge in [-0.15, -0.1) is 0 Å². The van der Waals surface area contributed by atoms with E-state index in [0.29, 0.717) is 12.5 Å². The Balaban J connectivity index is 1.77. The first-order chi connectivity index (χ1) is 10.2. The van der Waals surface area contributed by atoms with E-state index in [1.807, 2.05) is 6.07 Å². The number of benzene rings is 1. The number of morpholine rings is 1. The first-order valence-electron chi connectivity index (χ1n) is 7.43. The molecule has 21 heavy (non-hydrogen) atoms. The summed E-state index contributed by atoms with van der Waals surface area (Å²) in [4.78, 5) is 6.88. The largest absolute Gasteiger partial charge is 0.378 e. The lowest BCUT2D eigenvalue weighted by atomic mass is 10.1. The molecule has 0 spiro atoms. The monoisotopic (exact) mass is 287 g/mol. The summed E-state index contributed by atoms with van der Waals surface area (Å²) in [6, 6.07) is 10.5. The maximum absolute atomic E-state index is 5.61. The zero-order valence-electron chi connectivity index (χ0n) is 12.5. The van der Waals surface area contributed by atoms with Crippen molar-refractivity contribution >= 4 is 0 Å². The van der Waals surface area contributed by atoms with E-state index in [0.717, 1.165) is 25.5 Å². The van der Waals surface area contributed by atoms with E-state index in [-0.39, 0.29) is 12.0 Å². The van der Waals surface area contributed by atoms with Gasteiger partial charge in [0.1, 0.15) is 0 Å². The van der Waals surface area contributed by atoms with E-state index >= 15 is 0 Å². The normalized spacial score (nSPS) is 20.0. The summed E-state index contributed by atoms with van der Waals surface area (Å²) in [7, 11) is 0. The summed E-state index contributed by atoms with van der Waals surface area (Å²) in [5, 5.41) is 4.15. The topological polar surface area (TPSA) is 51.4 Å². The van der Waals surface area contributed by atoms with Crippen LogP contribution in [0, 0.1) is 0 Å². The first kappa shape index (κ1) is 14.2. The highest BCUT2D eigenvalue weighted by Crippen LogP contribution is 2.25.